The first-order valence-electron chi connectivity index (χ1n) is 6.49. The van der Waals surface area contributed by atoms with Crippen LogP contribution >= 0.6 is 0 Å². The van der Waals surface area contributed by atoms with Crippen LogP contribution in [0, 0.1) is 11.6 Å². The van der Waals surface area contributed by atoms with E-state index in [4.69, 9.17) is 0 Å². The van der Waals surface area contributed by atoms with Crippen molar-refractivity contribution < 1.29 is 8.78 Å². The van der Waals surface area contributed by atoms with Crippen LogP contribution in [-0.4, -0.2) is 20.9 Å². The lowest BCUT2D eigenvalue weighted by atomic mass is 10.2. The van der Waals surface area contributed by atoms with Crippen LogP contribution in [0.4, 0.5) is 8.78 Å². The first kappa shape index (κ1) is 14.5. The molecule has 2 heterocycles. The van der Waals surface area contributed by atoms with Crippen LogP contribution in [0.3, 0.4) is 0 Å². The summed E-state index contributed by atoms with van der Waals surface area (Å²) in [4.78, 5) is 10.3. The van der Waals surface area contributed by atoms with Crippen LogP contribution in [0.5, 0.6) is 0 Å². The molecular weight excluding hydrogens is 260 g/mol. The maximum atomic E-state index is 12.8. The van der Waals surface area contributed by atoms with E-state index in [-0.39, 0.29) is 17.7 Å². The fourth-order valence-corrected chi connectivity index (χ4v) is 1.84. The van der Waals surface area contributed by atoms with Crippen molar-refractivity contribution in [3.63, 3.8) is 0 Å². The average molecular weight is 277 g/mol. The summed E-state index contributed by atoms with van der Waals surface area (Å²) in [6, 6.07) is 6.41. The van der Waals surface area contributed by atoms with Gasteiger partial charge in [-0.3, -0.25) is 14.9 Å². The van der Waals surface area contributed by atoms with E-state index in [0.717, 1.165) is 11.4 Å². The third kappa shape index (κ3) is 4.06. The van der Waals surface area contributed by atoms with Crippen LogP contribution < -0.4 is 0 Å². The normalized spacial score (nSPS) is 11.3. The second-order valence-corrected chi connectivity index (χ2v) is 4.93. The van der Waals surface area contributed by atoms with Gasteiger partial charge in [0, 0.05) is 19.1 Å². The molecule has 0 unspecified atom stereocenters. The summed E-state index contributed by atoms with van der Waals surface area (Å²) in [6.07, 6.45) is 2.42. The molecule has 20 heavy (non-hydrogen) atoms. The fourth-order valence-electron chi connectivity index (χ4n) is 1.84. The summed E-state index contributed by atoms with van der Waals surface area (Å²) in [6.45, 7) is 5.31. The Morgan fingerprint density at radius 2 is 1.35 bits per heavy atom. The zero-order valence-electron chi connectivity index (χ0n) is 11.6. The highest BCUT2D eigenvalue weighted by Gasteiger charge is 2.12. The predicted molar refractivity (Wildman–Crippen MR) is 72.8 cm³/mol. The molecule has 0 aliphatic rings. The molecule has 0 aromatic carbocycles. The van der Waals surface area contributed by atoms with Gasteiger partial charge in [0.15, 0.2) is 0 Å². The van der Waals surface area contributed by atoms with Gasteiger partial charge in [0.25, 0.3) is 0 Å². The van der Waals surface area contributed by atoms with Gasteiger partial charge < -0.3 is 0 Å². The van der Waals surface area contributed by atoms with E-state index >= 15 is 0 Å². The molecular formula is C15H17F2N3. The summed E-state index contributed by atoms with van der Waals surface area (Å²) in [5.74, 6) is -0.685. The second kappa shape index (κ2) is 6.52. The SMILES string of the molecule is CC(C)N(Cc1ccc(F)cn1)Cc1ccc(F)cn1. The molecule has 2 aromatic heterocycles. The van der Waals surface area contributed by atoms with Gasteiger partial charge in [-0.1, -0.05) is 0 Å². The number of pyridine rings is 2. The third-order valence-electron chi connectivity index (χ3n) is 3.04. The smallest absolute Gasteiger partial charge is 0.141 e. The van der Waals surface area contributed by atoms with Crippen LogP contribution in [0.25, 0.3) is 0 Å². The van der Waals surface area contributed by atoms with Gasteiger partial charge in [-0.05, 0) is 38.1 Å². The van der Waals surface area contributed by atoms with Crippen molar-refractivity contribution in [1.82, 2.24) is 14.9 Å². The number of aromatic nitrogens is 2. The first-order valence-corrected chi connectivity index (χ1v) is 6.49. The first-order chi connectivity index (χ1) is 9.54. The summed E-state index contributed by atoms with van der Waals surface area (Å²) >= 11 is 0. The standard InChI is InChI=1S/C15H17F2N3/c1-11(2)20(9-14-5-3-12(16)7-18-14)10-15-6-4-13(17)8-19-15/h3-8,11H,9-10H2,1-2H3. The van der Waals surface area contributed by atoms with Gasteiger partial charge in [-0.2, -0.15) is 0 Å². The lowest BCUT2D eigenvalue weighted by Gasteiger charge is -2.25. The highest BCUT2D eigenvalue weighted by atomic mass is 19.1. The van der Waals surface area contributed by atoms with Gasteiger partial charge in [0.1, 0.15) is 11.6 Å². The van der Waals surface area contributed by atoms with Crippen LogP contribution in [0.1, 0.15) is 25.2 Å². The molecule has 106 valence electrons. The zero-order valence-corrected chi connectivity index (χ0v) is 11.6. The molecule has 0 fully saturated rings. The maximum absolute atomic E-state index is 12.8. The number of hydrogen-bond acceptors (Lipinski definition) is 3. The van der Waals surface area contributed by atoms with Gasteiger partial charge in [0.05, 0.1) is 23.8 Å². The Morgan fingerprint density at radius 1 is 0.900 bits per heavy atom. The minimum atomic E-state index is -0.343. The molecule has 5 heteroatoms. The minimum absolute atomic E-state index is 0.272. The van der Waals surface area contributed by atoms with E-state index < -0.39 is 0 Å². The largest absolute Gasteiger partial charge is 0.289 e. The van der Waals surface area contributed by atoms with Crippen LogP contribution in [0.15, 0.2) is 36.7 Å². The maximum Gasteiger partial charge on any atom is 0.141 e. The fraction of sp³-hybridized carbons (Fsp3) is 0.333. The van der Waals surface area contributed by atoms with Crippen LogP contribution in [-0.2, 0) is 13.1 Å². The molecule has 0 aliphatic carbocycles. The molecule has 0 saturated carbocycles. The van der Waals surface area contributed by atoms with E-state index in [1.54, 1.807) is 12.1 Å². The zero-order chi connectivity index (χ0) is 14.5. The quantitative estimate of drug-likeness (QED) is 0.840. The Bertz CT molecular complexity index is 491. The van der Waals surface area contributed by atoms with E-state index in [1.165, 1.54) is 24.5 Å². The molecule has 0 bridgehead atoms. The van der Waals surface area contributed by atoms with E-state index in [2.05, 4.69) is 28.7 Å². The molecule has 2 aromatic rings. The summed E-state index contributed by atoms with van der Waals surface area (Å²) < 4.78 is 25.7. The molecule has 0 saturated heterocycles. The molecule has 0 amide bonds. The van der Waals surface area contributed by atoms with Crippen molar-refractivity contribution in [2.75, 3.05) is 0 Å². The molecule has 2 rings (SSSR count). The van der Waals surface area contributed by atoms with Crippen molar-refractivity contribution in [2.45, 2.75) is 33.0 Å². The Labute approximate surface area is 117 Å². The average Bonchev–Trinajstić information content (AvgIpc) is 2.42. The lowest BCUT2D eigenvalue weighted by molar-refractivity contribution is 0.198. The monoisotopic (exact) mass is 277 g/mol. The molecule has 0 atom stereocenters. The summed E-state index contributed by atoms with van der Waals surface area (Å²) in [5.41, 5.74) is 1.59. The van der Waals surface area contributed by atoms with E-state index in [9.17, 15) is 8.78 Å². The molecule has 0 N–H and O–H groups in total. The highest BCUT2D eigenvalue weighted by Crippen LogP contribution is 2.11. The topological polar surface area (TPSA) is 29.0 Å². The van der Waals surface area contributed by atoms with Gasteiger partial charge >= 0.3 is 0 Å². The van der Waals surface area contributed by atoms with Crippen molar-refractivity contribution >= 4 is 0 Å². The second-order valence-electron chi connectivity index (χ2n) is 4.93. The molecule has 0 aliphatic heterocycles. The van der Waals surface area contributed by atoms with E-state index in [0.29, 0.717) is 13.1 Å². The van der Waals surface area contributed by atoms with Gasteiger partial charge in [-0.25, -0.2) is 8.78 Å². The van der Waals surface area contributed by atoms with Crippen molar-refractivity contribution in [3.8, 4) is 0 Å². The van der Waals surface area contributed by atoms with Crippen molar-refractivity contribution in [2.24, 2.45) is 0 Å². The Kier molecular flexibility index (Phi) is 4.74. The van der Waals surface area contributed by atoms with Crippen molar-refractivity contribution in [3.05, 3.63) is 59.7 Å². The number of rotatable bonds is 5. The molecule has 3 nitrogen and oxygen atoms in total. The van der Waals surface area contributed by atoms with Gasteiger partial charge in [-0.15, -0.1) is 0 Å². The number of nitrogens with zero attached hydrogens (tertiary/aromatic N) is 3. The Hall–Kier alpha value is -1.88. The number of halogens is 2. The Morgan fingerprint density at radius 3 is 1.65 bits per heavy atom. The summed E-state index contributed by atoms with van der Waals surface area (Å²) in [5, 5.41) is 0. The highest BCUT2D eigenvalue weighted by molar-refractivity contribution is 5.08. The number of hydrogen-bond donors (Lipinski definition) is 0. The lowest BCUT2D eigenvalue weighted by Crippen LogP contribution is -2.30. The van der Waals surface area contributed by atoms with Crippen molar-refractivity contribution in [1.29, 1.82) is 0 Å². The van der Waals surface area contributed by atoms with Crippen LogP contribution in [0.2, 0.25) is 0 Å². The predicted octanol–water partition coefficient (Wildman–Crippen LogP) is 3.17. The molecule has 0 radical (unpaired) electrons. The third-order valence-corrected chi connectivity index (χ3v) is 3.04. The summed E-state index contributed by atoms with van der Waals surface area (Å²) in [7, 11) is 0. The Balaban J connectivity index is 2.07. The molecule has 0 spiro atoms. The van der Waals surface area contributed by atoms with Gasteiger partial charge in [0.2, 0.25) is 0 Å². The minimum Gasteiger partial charge on any atom is -0.289 e. The van der Waals surface area contributed by atoms with E-state index in [1.807, 2.05) is 0 Å².